The summed E-state index contributed by atoms with van der Waals surface area (Å²) in [5.41, 5.74) is 1.98. The third kappa shape index (κ3) is 2.33. The predicted molar refractivity (Wildman–Crippen MR) is 78.8 cm³/mol. The Bertz CT molecular complexity index is 704. The van der Waals surface area contributed by atoms with Crippen LogP contribution in [0.3, 0.4) is 0 Å². The lowest BCUT2D eigenvalue weighted by atomic mass is 10.2. The highest BCUT2D eigenvalue weighted by molar-refractivity contribution is 5.92. The van der Waals surface area contributed by atoms with E-state index in [4.69, 9.17) is 0 Å². The first-order valence-electron chi connectivity index (χ1n) is 6.12. The maximum absolute atomic E-state index is 4.45. The molecule has 0 radical (unpaired) electrons. The number of nitrogens with one attached hydrogen (secondary N) is 2. The third-order valence-corrected chi connectivity index (χ3v) is 2.91. The molecule has 0 aliphatic carbocycles. The lowest BCUT2D eigenvalue weighted by Crippen LogP contribution is -1.98. The number of anilines is 3. The van der Waals surface area contributed by atoms with Crippen molar-refractivity contribution in [3.05, 3.63) is 54.7 Å². The zero-order valence-electron chi connectivity index (χ0n) is 10.6. The highest BCUT2D eigenvalue weighted by Gasteiger charge is 2.02. The minimum absolute atomic E-state index is 0.809. The Labute approximate surface area is 111 Å². The molecule has 2 heterocycles. The molecular formula is C15H14N4. The van der Waals surface area contributed by atoms with E-state index in [9.17, 15) is 0 Å². The van der Waals surface area contributed by atoms with E-state index in [1.165, 1.54) is 0 Å². The second-order valence-electron chi connectivity index (χ2n) is 4.16. The molecule has 0 fully saturated rings. The molecule has 0 spiro atoms. The first-order chi connectivity index (χ1) is 9.36. The van der Waals surface area contributed by atoms with Crippen molar-refractivity contribution < 1.29 is 0 Å². The topological polar surface area (TPSA) is 49.8 Å². The van der Waals surface area contributed by atoms with Crippen LogP contribution >= 0.6 is 0 Å². The van der Waals surface area contributed by atoms with Gasteiger partial charge in [-0.2, -0.15) is 0 Å². The Hall–Kier alpha value is -2.62. The summed E-state index contributed by atoms with van der Waals surface area (Å²) in [5.74, 6) is 1.64. The van der Waals surface area contributed by atoms with Gasteiger partial charge in [-0.15, -0.1) is 0 Å². The largest absolute Gasteiger partial charge is 0.373 e. The van der Waals surface area contributed by atoms with E-state index in [0.717, 1.165) is 28.2 Å². The quantitative estimate of drug-likeness (QED) is 0.748. The van der Waals surface area contributed by atoms with Crippen molar-refractivity contribution in [2.24, 2.45) is 0 Å². The molecular weight excluding hydrogens is 236 g/mol. The van der Waals surface area contributed by atoms with E-state index < -0.39 is 0 Å². The molecule has 0 amide bonds. The van der Waals surface area contributed by atoms with Crippen LogP contribution in [0, 0.1) is 0 Å². The van der Waals surface area contributed by atoms with Crippen LogP contribution in [0.25, 0.3) is 10.9 Å². The lowest BCUT2D eigenvalue weighted by Gasteiger charge is -2.09. The van der Waals surface area contributed by atoms with Crippen LogP contribution in [-0.2, 0) is 0 Å². The molecule has 0 saturated carbocycles. The average molecular weight is 250 g/mol. The van der Waals surface area contributed by atoms with E-state index in [-0.39, 0.29) is 0 Å². The second kappa shape index (κ2) is 4.94. The molecule has 4 heteroatoms. The van der Waals surface area contributed by atoms with Crippen molar-refractivity contribution in [3.63, 3.8) is 0 Å². The van der Waals surface area contributed by atoms with Gasteiger partial charge in [-0.05, 0) is 36.4 Å². The van der Waals surface area contributed by atoms with Crippen LogP contribution in [0.4, 0.5) is 17.3 Å². The van der Waals surface area contributed by atoms with Crippen molar-refractivity contribution in [1.82, 2.24) is 9.97 Å². The van der Waals surface area contributed by atoms with Gasteiger partial charge in [0.1, 0.15) is 11.6 Å². The summed E-state index contributed by atoms with van der Waals surface area (Å²) in [6.45, 7) is 0. The lowest BCUT2D eigenvalue weighted by molar-refractivity contribution is 1.28. The summed E-state index contributed by atoms with van der Waals surface area (Å²) < 4.78 is 0. The fraction of sp³-hybridized carbons (Fsp3) is 0.0667. The number of hydrogen-bond acceptors (Lipinski definition) is 4. The van der Waals surface area contributed by atoms with Gasteiger partial charge in [-0.1, -0.05) is 12.1 Å². The predicted octanol–water partition coefficient (Wildman–Crippen LogP) is 3.42. The normalized spacial score (nSPS) is 10.4. The van der Waals surface area contributed by atoms with Gasteiger partial charge in [0.05, 0.1) is 5.52 Å². The van der Waals surface area contributed by atoms with Crippen molar-refractivity contribution >= 4 is 28.2 Å². The maximum Gasteiger partial charge on any atom is 0.132 e. The van der Waals surface area contributed by atoms with Crippen LogP contribution in [0.15, 0.2) is 54.7 Å². The van der Waals surface area contributed by atoms with Crippen molar-refractivity contribution in [1.29, 1.82) is 0 Å². The average Bonchev–Trinajstić information content (AvgIpc) is 2.48. The molecule has 0 saturated heterocycles. The number of nitrogens with zero attached hydrogens (tertiary/aromatic N) is 2. The number of benzene rings is 1. The molecule has 0 unspecified atom stereocenters. The van der Waals surface area contributed by atoms with Gasteiger partial charge < -0.3 is 10.6 Å². The second-order valence-corrected chi connectivity index (χ2v) is 4.16. The van der Waals surface area contributed by atoms with Crippen molar-refractivity contribution in [3.8, 4) is 0 Å². The summed E-state index contributed by atoms with van der Waals surface area (Å²) in [5, 5.41) is 7.44. The Kier molecular flexibility index (Phi) is 2.98. The van der Waals surface area contributed by atoms with E-state index >= 15 is 0 Å². The fourth-order valence-corrected chi connectivity index (χ4v) is 1.99. The van der Waals surface area contributed by atoms with Crippen LogP contribution in [0.2, 0.25) is 0 Å². The number of pyridine rings is 2. The van der Waals surface area contributed by atoms with E-state index in [0.29, 0.717) is 0 Å². The molecule has 3 rings (SSSR count). The molecule has 3 aromatic rings. The SMILES string of the molecule is CNc1cccc(Nc2cccc3ncccc23)n1. The van der Waals surface area contributed by atoms with E-state index in [1.807, 2.05) is 55.6 Å². The number of rotatable bonds is 3. The van der Waals surface area contributed by atoms with Gasteiger partial charge in [0.15, 0.2) is 0 Å². The Balaban J connectivity index is 2.01. The highest BCUT2D eigenvalue weighted by atomic mass is 15.1. The molecule has 4 nitrogen and oxygen atoms in total. The van der Waals surface area contributed by atoms with Gasteiger partial charge in [0.25, 0.3) is 0 Å². The first-order valence-corrected chi connectivity index (χ1v) is 6.12. The molecule has 94 valence electrons. The van der Waals surface area contributed by atoms with Crippen LogP contribution < -0.4 is 10.6 Å². The first kappa shape index (κ1) is 11.5. The molecule has 2 aromatic heterocycles. The Morgan fingerprint density at radius 3 is 2.63 bits per heavy atom. The molecule has 0 aliphatic rings. The smallest absolute Gasteiger partial charge is 0.132 e. The van der Waals surface area contributed by atoms with Gasteiger partial charge >= 0.3 is 0 Å². The molecule has 0 aliphatic heterocycles. The fourth-order valence-electron chi connectivity index (χ4n) is 1.99. The van der Waals surface area contributed by atoms with Gasteiger partial charge in [-0.3, -0.25) is 4.98 Å². The Morgan fingerprint density at radius 2 is 1.74 bits per heavy atom. The van der Waals surface area contributed by atoms with Gasteiger partial charge in [0.2, 0.25) is 0 Å². The summed E-state index contributed by atoms with van der Waals surface area (Å²) >= 11 is 0. The van der Waals surface area contributed by atoms with Crippen LogP contribution in [0.1, 0.15) is 0 Å². The highest BCUT2D eigenvalue weighted by Crippen LogP contribution is 2.24. The minimum atomic E-state index is 0.809. The van der Waals surface area contributed by atoms with Gasteiger partial charge in [-0.25, -0.2) is 4.98 Å². The molecule has 0 atom stereocenters. The number of hydrogen-bond donors (Lipinski definition) is 2. The zero-order chi connectivity index (χ0) is 13.1. The summed E-state index contributed by atoms with van der Waals surface area (Å²) in [6, 6.07) is 15.8. The zero-order valence-corrected chi connectivity index (χ0v) is 10.6. The molecule has 1 aromatic carbocycles. The van der Waals surface area contributed by atoms with Crippen LogP contribution in [-0.4, -0.2) is 17.0 Å². The molecule has 0 bridgehead atoms. The van der Waals surface area contributed by atoms with Crippen molar-refractivity contribution in [2.45, 2.75) is 0 Å². The number of fused-ring (bicyclic) bond motifs is 1. The van der Waals surface area contributed by atoms with E-state index in [1.54, 1.807) is 6.20 Å². The Morgan fingerprint density at radius 1 is 0.895 bits per heavy atom. The van der Waals surface area contributed by atoms with Crippen molar-refractivity contribution in [2.75, 3.05) is 17.7 Å². The minimum Gasteiger partial charge on any atom is -0.373 e. The van der Waals surface area contributed by atoms with E-state index in [2.05, 4.69) is 20.6 Å². The van der Waals surface area contributed by atoms with Gasteiger partial charge in [0, 0.05) is 24.3 Å². The number of aromatic nitrogens is 2. The van der Waals surface area contributed by atoms with Crippen LogP contribution in [0.5, 0.6) is 0 Å². The summed E-state index contributed by atoms with van der Waals surface area (Å²) in [6.07, 6.45) is 1.80. The summed E-state index contributed by atoms with van der Waals surface area (Å²) in [4.78, 5) is 8.80. The summed E-state index contributed by atoms with van der Waals surface area (Å²) in [7, 11) is 1.86. The monoisotopic (exact) mass is 250 g/mol. The third-order valence-electron chi connectivity index (χ3n) is 2.91. The maximum atomic E-state index is 4.45. The molecule has 19 heavy (non-hydrogen) atoms. The molecule has 2 N–H and O–H groups in total. The standard InChI is InChI=1S/C15H14N4/c1-16-14-8-3-9-15(19-14)18-13-7-2-6-12-11(13)5-4-10-17-12/h2-10H,1H3,(H2,16,18,19).